The molecule has 0 spiro atoms. The van der Waals surface area contributed by atoms with Crippen molar-refractivity contribution in [3.05, 3.63) is 27.7 Å². The first-order valence-corrected chi connectivity index (χ1v) is 9.40. The molecule has 1 aromatic rings. The number of halogens is 1. The van der Waals surface area contributed by atoms with Crippen LogP contribution in [0, 0.1) is 11.3 Å². The third-order valence-corrected chi connectivity index (χ3v) is 4.70. The molecule has 1 aliphatic rings. The van der Waals surface area contributed by atoms with Crippen molar-refractivity contribution >= 4 is 27.9 Å². The number of carbonyl (C=O) groups excluding carboxylic acids is 1. The maximum atomic E-state index is 12.4. The van der Waals surface area contributed by atoms with Crippen LogP contribution in [-0.2, 0) is 4.79 Å². The van der Waals surface area contributed by atoms with Gasteiger partial charge in [-0.25, -0.2) is 0 Å². The Morgan fingerprint density at radius 1 is 1.28 bits per heavy atom. The van der Waals surface area contributed by atoms with Crippen LogP contribution in [0.5, 0.6) is 11.5 Å². The maximum absolute atomic E-state index is 12.4. The van der Waals surface area contributed by atoms with Crippen molar-refractivity contribution in [3.8, 4) is 17.6 Å². The highest BCUT2D eigenvalue weighted by atomic mass is 79.9. The molecule has 134 valence electrons. The molecule has 0 heterocycles. The fourth-order valence-corrected chi connectivity index (χ4v) is 3.27. The van der Waals surface area contributed by atoms with E-state index in [1.54, 1.807) is 18.2 Å². The Bertz CT molecular complexity index is 689. The summed E-state index contributed by atoms with van der Waals surface area (Å²) in [5.41, 5.74) is 0.782. The lowest BCUT2D eigenvalue weighted by Gasteiger charge is -2.14. The summed E-state index contributed by atoms with van der Waals surface area (Å²) >= 11 is 3.48. The minimum atomic E-state index is -0.326. The van der Waals surface area contributed by atoms with Gasteiger partial charge in [-0.3, -0.25) is 4.79 Å². The Morgan fingerprint density at radius 3 is 2.44 bits per heavy atom. The largest absolute Gasteiger partial charge is 0.490 e. The van der Waals surface area contributed by atoms with Gasteiger partial charge >= 0.3 is 0 Å². The average molecular weight is 407 g/mol. The van der Waals surface area contributed by atoms with Gasteiger partial charge in [-0.05, 0) is 50.5 Å². The number of ether oxygens (including phenoxy) is 2. The van der Waals surface area contributed by atoms with Gasteiger partial charge in [0.05, 0.1) is 13.2 Å². The van der Waals surface area contributed by atoms with Crippen LogP contribution < -0.4 is 14.8 Å². The minimum Gasteiger partial charge on any atom is -0.490 e. The number of hydrogen-bond donors (Lipinski definition) is 1. The molecule has 1 saturated carbocycles. The number of nitrogens with zero attached hydrogens (tertiary/aromatic N) is 1. The molecule has 1 fully saturated rings. The lowest BCUT2D eigenvalue weighted by Crippen LogP contribution is -2.33. The first-order chi connectivity index (χ1) is 12.1. The van der Waals surface area contributed by atoms with Gasteiger partial charge in [0, 0.05) is 10.5 Å². The molecule has 0 atom stereocenters. The lowest BCUT2D eigenvalue weighted by atomic mass is 10.1. The second-order valence-electron chi connectivity index (χ2n) is 5.81. The Labute approximate surface area is 157 Å². The second kappa shape index (κ2) is 9.47. The zero-order valence-electron chi connectivity index (χ0n) is 14.6. The van der Waals surface area contributed by atoms with Gasteiger partial charge in [0.25, 0.3) is 5.91 Å². The standard InChI is InChI=1S/C19H23BrN2O3/c1-3-24-17-10-13(16(20)11-18(17)25-4-2)9-14(12-21)19(23)22-15-7-5-6-8-15/h9-11,15H,3-8H2,1-2H3,(H,22,23)/b14-9-. The summed E-state index contributed by atoms with van der Waals surface area (Å²) < 4.78 is 11.9. The van der Waals surface area contributed by atoms with Gasteiger partial charge in [0.1, 0.15) is 11.6 Å². The van der Waals surface area contributed by atoms with Crippen molar-refractivity contribution in [1.82, 2.24) is 5.32 Å². The molecular formula is C19H23BrN2O3. The summed E-state index contributed by atoms with van der Waals surface area (Å²) in [6.07, 6.45) is 5.78. The molecule has 1 N–H and O–H groups in total. The highest BCUT2D eigenvalue weighted by Gasteiger charge is 2.20. The van der Waals surface area contributed by atoms with E-state index in [9.17, 15) is 10.1 Å². The van der Waals surface area contributed by atoms with Crippen molar-refractivity contribution < 1.29 is 14.3 Å². The normalized spacial score (nSPS) is 14.9. The quantitative estimate of drug-likeness (QED) is 0.543. The van der Waals surface area contributed by atoms with E-state index in [-0.39, 0.29) is 17.5 Å². The molecule has 1 amide bonds. The van der Waals surface area contributed by atoms with Crippen LogP contribution in [0.4, 0.5) is 0 Å². The first-order valence-electron chi connectivity index (χ1n) is 8.60. The number of rotatable bonds is 7. The van der Waals surface area contributed by atoms with Crippen LogP contribution in [0.2, 0.25) is 0 Å². The summed E-state index contributed by atoms with van der Waals surface area (Å²) in [4.78, 5) is 12.4. The second-order valence-corrected chi connectivity index (χ2v) is 6.67. The number of nitrogens with one attached hydrogen (secondary N) is 1. The molecule has 0 aliphatic heterocycles. The van der Waals surface area contributed by atoms with E-state index in [1.807, 2.05) is 19.9 Å². The van der Waals surface area contributed by atoms with Gasteiger partial charge < -0.3 is 14.8 Å². The molecule has 0 radical (unpaired) electrons. The predicted octanol–water partition coefficient (Wildman–Crippen LogP) is 4.21. The van der Waals surface area contributed by atoms with E-state index in [2.05, 4.69) is 21.2 Å². The van der Waals surface area contributed by atoms with Gasteiger partial charge in [-0.1, -0.05) is 28.8 Å². The van der Waals surface area contributed by atoms with Crippen molar-refractivity contribution in [3.63, 3.8) is 0 Å². The minimum absolute atomic E-state index is 0.0826. The van der Waals surface area contributed by atoms with Gasteiger partial charge in [0.15, 0.2) is 11.5 Å². The molecular weight excluding hydrogens is 384 g/mol. The topological polar surface area (TPSA) is 71.3 Å². The van der Waals surface area contributed by atoms with Crippen LogP contribution in [0.1, 0.15) is 45.1 Å². The Kier molecular flexibility index (Phi) is 7.32. The van der Waals surface area contributed by atoms with E-state index in [4.69, 9.17) is 9.47 Å². The smallest absolute Gasteiger partial charge is 0.262 e. The van der Waals surface area contributed by atoms with E-state index >= 15 is 0 Å². The number of hydrogen-bond acceptors (Lipinski definition) is 4. The molecule has 0 unspecified atom stereocenters. The number of nitriles is 1. The zero-order valence-corrected chi connectivity index (χ0v) is 16.2. The summed E-state index contributed by atoms with van der Waals surface area (Å²) in [5, 5.41) is 12.3. The average Bonchev–Trinajstić information content (AvgIpc) is 3.09. The van der Waals surface area contributed by atoms with E-state index in [0.29, 0.717) is 30.3 Å². The number of carbonyl (C=O) groups is 1. The molecule has 0 bridgehead atoms. The van der Waals surface area contributed by atoms with E-state index in [0.717, 1.165) is 30.2 Å². The third-order valence-electron chi connectivity index (χ3n) is 4.02. The Balaban J connectivity index is 2.27. The molecule has 0 saturated heterocycles. The molecule has 5 nitrogen and oxygen atoms in total. The molecule has 1 aromatic carbocycles. The van der Waals surface area contributed by atoms with Crippen LogP contribution in [-0.4, -0.2) is 25.2 Å². The van der Waals surface area contributed by atoms with Gasteiger partial charge in [-0.2, -0.15) is 5.26 Å². The van der Waals surface area contributed by atoms with E-state index < -0.39 is 0 Å². The molecule has 25 heavy (non-hydrogen) atoms. The zero-order chi connectivity index (χ0) is 18.2. The lowest BCUT2D eigenvalue weighted by molar-refractivity contribution is -0.117. The monoisotopic (exact) mass is 406 g/mol. The third kappa shape index (κ3) is 5.23. The van der Waals surface area contributed by atoms with Crippen LogP contribution in [0.3, 0.4) is 0 Å². The van der Waals surface area contributed by atoms with Crippen molar-refractivity contribution in [1.29, 1.82) is 5.26 Å². The van der Waals surface area contributed by atoms with Gasteiger partial charge in [-0.15, -0.1) is 0 Å². The van der Waals surface area contributed by atoms with Crippen LogP contribution in [0.25, 0.3) is 6.08 Å². The van der Waals surface area contributed by atoms with Crippen molar-refractivity contribution in [2.45, 2.75) is 45.6 Å². The predicted molar refractivity (Wildman–Crippen MR) is 100 cm³/mol. The molecule has 2 rings (SSSR count). The van der Waals surface area contributed by atoms with Gasteiger partial charge in [0.2, 0.25) is 0 Å². The SMILES string of the molecule is CCOc1cc(Br)c(/C=C(/C#N)C(=O)NC2CCCC2)cc1OCC. The highest BCUT2D eigenvalue weighted by molar-refractivity contribution is 9.10. The summed E-state index contributed by atoms with van der Waals surface area (Å²) in [7, 11) is 0. The summed E-state index contributed by atoms with van der Waals surface area (Å²) in [6.45, 7) is 4.81. The Hall–Kier alpha value is -2.00. The van der Waals surface area contributed by atoms with Crippen molar-refractivity contribution in [2.75, 3.05) is 13.2 Å². The fourth-order valence-electron chi connectivity index (χ4n) is 2.84. The number of benzene rings is 1. The van der Waals surface area contributed by atoms with E-state index in [1.165, 1.54) is 0 Å². The van der Waals surface area contributed by atoms with Crippen molar-refractivity contribution in [2.24, 2.45) is 0 Å². The fraction of sp³-hybridized carbons (Fsp3) is 0.474. The Morgan fingerprint density at radius 2 is 1.88 bits per heavy atom. The maximum Gasteiger partial charge on any atom is 0.262 e. The molecule has 0 aromatic heterocycles. The number of amides is 1. The highest BCUT2D eigenvalue weighted by Crippen LogP contribution is 2.35. The molecule has 6 heteroatoms. The molecule has 1 aliphatic carbocycles. The van der Waals surface area contributed by atoms with Crippen LogP contribution in [0.15, 0.2) is 22.2 Å². The summed E-state index contributed by atoms with van der Waals surface area (Å²) in [5.74, 6) is 0.891. The van der Waals surface area contributed by atoms with Crippen LogP contribution >= 0.6 is 15.9 Å². The first kappa shape index (κ1) is 19.3. The summed E-state index contributed by atoms with van der Waals surface area (Å²) in [6, 6.07) is 5.74.